The maximum Gasteiger partial charge on any atom is 0.344 e. The van der Waals surface area contributed by atoms with Crippen molar-refractivity contribution in [3.63, 3.8) is 0 Å². The summed E-state index contributed by atoms with van der Waals surface area (Å²) in [7, 11) is -0.601. The molecule has 0 bridgehead atoms. The molecular weight excluding hydrogens is 368 g/mol. The number of hydrogen-bond donors (Lipinski definition) is 0. The maximum atomic E-state index is 14.3. The molecule has 1 aliphatic carbocycles. The number of benzene rings is 1. The van der Waals surface area contributed by atoms with Crippen molar-refractivity contribution in [2.24, 2.45) is 0 Å². The van der Waals surface area contributed by atoms with Gasteiger partial charge in [-0.1, -0.05) is 0 Å². The number of ether oxygens (including phenoxy) is 2. The van der Waals surface area contributed by atoms with E-state index < -0.39 is 45.1 Å². The van der Waals surface area contributed by atoms with Crippen LogP contribution in [0.2, 0.25) is 0 Å². The molecule has 1 aromatic heterocycles. The van der Waals surface area contributed by atoms with E-state index in [0.717, 1.165) is 13.2 Å². The van der Waals surface area contributed by atoms with E-state index in [2.05, 4.69) is 0 Å². The van der Waals surface area contributed by atoms with Crippen LogP contribution in [0, 0.1) is 11.6 Å². The van der Waals surface area contributed by atoms with Gasteiger partial charge >= 0.3 is 5.97 Å². The van der Waals surface area contributed by atoms with Crippen molar-refractivity contribution in [2.45, 2.75) is 30.8 Å². The average Bonchev–Trinajstić information content (AvgIpc) is 3.41. The van der Waals surface area contributed by atoms with E-state index in [-0.39, 0.29) is 28.6 Å². The molecule has 1 aromatic carbocycles. The molecule has 0 amide bonds. The summed E-state index contributed by atoms with van der Waals surface area (Å²) in [6, 6.07) is 0.545. The van der Waals surface area contributed by atoms with Gasteiger partial charge in [0.15, 0.2) is 11.6 Å². The highest BCUT2D eigenvalue weighted by Crippen LogP contribution is 2.42. The number of hydrogen-bond acceptors (Lipinski definition) is 5. The summed E-state index contributed by atoms with van der Waals surface area (Å²) in [5.41, 5.74) is -1.28. The van der Waals surface area contributed by atoms with Crippen molar-refractivity contribution in [3.8, 4) is 5.75 Å². The molecule has 1 atom stereocenters. The number of methoxy groups -OCH3 is 1. The fraction of sp³-hybridized carbons (Fsp3) is 0.412. The molecule has 9 heteroatoms. The number of carbonyl (C=O) groups excluding carboxylic acids is 1. The Bertz CT molecular complexity index is 997. The lowest BCUT2D eigenvalue weighted by Gasteiger charge is -2.20. The summed E-state index contributed by atoms with van der Waals surface area (Å²) < 4.78 is 52.0. The number of aromatic nitrogens is 1. The molecule has 0 saturated heterocycles. The SMILES string of the molecule is CCOC(=O)c1c([S@@](C)=O)n(C2CC2)c2c(OC)c(F)c(F)cc2c1=O. The molecular formula is C17H17F2NO5S. The lowest BCUT2D eigenvalue weighted by molar-refractivity contribution is 0.0518. The minimum atomic E-state index is -1.75. The van der Waals surface area contributed by atoms with Crippen molar-refractivity contribution in [2.75, 3.05) is 20.0 Å². The van der Waals surface area contributed by atoms with Gasteiger partial charge in [-0.25, -0.2) is 9.18 Å². The average molecular weight is 385 g/mol. The first-order valence-electron chi connectivity index (χ1n) is 7.98. The second kappa shape index (κ2) is 6.79. The third-order valence-electron chi connectivity index (χ3n) is 4.16. The van der Waals surface area contributed by atoms with Crippen LogP contribution < -0.4 is 10.2 Å². The van der Waals surface area contributed by atoms with Gasteiger partial charge in [0.25, 0.3) is 0 Å². The summed E-state index contributed by atoms with van der Waals surface area (Å²) >= 11 is 0. The second-order valence-corrected chi connectivity index (χ2v) is 7.18. The monoisotopic (exact) mass is 385 g/mol. The Morgan fingerprint density at radius 3 is 2.54 bits per heavy atom. The van der Waals surface area contributed by atoms with Crippen molar-refractivity contribution in [3.05, 3.63) is 33.5 Å². The smallest absolute Gasteiger partial charge is 0.344 e. The van der Waals surface area contributed by atoms with Crippen LogP contribution in [0.15, 0.2) is 15.9 Å². The molecule has 0 radical (unpaired) electrons. The van der Waals surface area contributed by atoms with E-state index in [1.165, 1.54) is 10.8 Å². The first-order valence-corrected chi connectivity index (χ1v) is 9.53. The zero-order valence-electron chi connectivity index (χ0n) is 14.4. The van der Waals surface area contributed by atoms with Crippen LogP contribution in [0.25, 0.3) is 10.9 Å². The van der Waals surface area contributed by atoms with Gasteiger partial charge in [-0.2, -0.15) is 4.39 Å². The number of carbonyl (C=O) groups is 1. The molecule has 0 unspecified atom stereocenters. The Morgan fingerprint density at radius 1 is 1.38 bits per heavy atom. The van der Waals surface area contributed by atoms with Gasteiger partial charge in [0.1, 0.15) is 10.6 Å². The fourth-order valence-corrected chi connectivity index (χ4v) is 3.97. The Hall–Kier alpha value is -2.29. The van der Waals surface area contributed by atoms with Crippen LogP contribution >= 0.6 is 0 Å². The van der Waals surface area contributed by atoms with Crippen LogP contribution in [-0.2, 0) is 15.5 Å². The molecule has 2 aromatic rings. The molecule has 0 N–H and O–H groups in total. The van der Waals surface area contributed by atoms with E-state index in [1.807, 2.05) is 0 Å². The van der Waals surface area contributed by atoms with E-state index in [1.54, 1.807) is 6.92 Å². The zero-order chi connectivity index (χ0) is 19.2. The van der Waals surface area contributed by atoms with Gasteiger partial charge in [0.05, 0.1) is 35.4 Å². The molecule has 0 aliphatic heterocycles. The second-order valence-electron chi connectivity index (χ2n) is 5.89. The Labute approximate surface area is 150 Å². The van der Waals surface area contributed by atoms with Gasteiger partial charge in [-0.15, -0.1) is 0 Å². The zero-order valence-corrected chi connectivity index (χ0v) is 15.2. The minimum Gasteiger partial charge on any atom is -0.491 e. The van der Waals surface area contributed by atoms with E-state index in [0.29, 0.717) is 12.8 Å². The van der Waals surface area contributed by atoms with Gasteiger partial charge in [-0.05, 0) is 25.8 Å². The molecule has 26 heavy (non-hydrogen) atoms. The number of rotatable bonds is 5. The van der Waals surface area contributed by atoms with Gasteiger partial charge in [0, 0.05) is 12.3 Å². The third-order valence-corrected chi connectivity index (χ3v) is 5.11. The molecule has 0 spiro atoms. The predicted molar refractivity (Wildman–Crippen MR) is 91.2 cm³/mol. The number of halogens is 2. The molecule has 140 valence electrons. The fourth-order valence-electron chi connectivity index (χ4n) is 2.99. The lowest BCUT2D eigenvalue weighted by Crippen LogP contribution is -2.26. The third kappa shape index (κ3) is 2.80. The Morgan fingerprint density at radius 2 is 2.04 bits per heavy atom. The molecule has 1 aliphatic rings. The highest BCUT2D eigenvalue weighted by molar-refractivity contribution is 7.84. The van der Waals surface area contributed by atoms with Gasteiger partial charge in [0.2, 0.25) is 11.2 Å². The summed E-state index contributed by atoms with van der Waals surface area (Å²) in [5, 5.41) is -0.280. The van der Waals surface area contributed by atoms with E-state index in [4.69, 9.17) is 9.47 Å². The summed E-state index contributed by atoms with van der Waals surface area (Å²) in [6.45, 7) is 1.58. The topological polar surface area (TPSA) is 74.6 Å². The molecule has 1 saturated carbocycles. The highest BCUT2D eigenvalue weighted by Gasteiger charge is 2.35. The maximum absolute atomic E-state index is 14.3. The molecule has 6 nitrogen and oxygen atoms in total. The first-order chi connectivity index (χ1) is 12.3. The Kier molecular flexibility index (Phi) is 4.83. The highest BCUT2D eigenvalue weighted by atomic mass is 32.2. The lowest BCUT2D eigenvalue weighted by atomic mass is 10.1. The van der Waals surface area contributed by atoms with Crippen molar-refractivity contribution >= 4 is 27.7 Å². The Balaban J connectivity index is 2.58. The number of esters is 1. The number of fused-ring (bicyclic) bond motifs is 1. The van der Waals surface area contributed by atoms with Crippen LogP contribution in [0.5, 0.6) is 5.75 Å². The molecule has 3 rings (SSSR count). The van der Waals surface area contributed by atoms with Crippen LogP contribution in [0.1, 0.15) is 36.2 Å². The van der Waals surface area contributed by atoms with Crippen LogP contribution in [0.4, 0.5) is 8.78 Å². The molecule has 1 fully saturated rings. The molecule has 1 heterocycles. The summed E-state index contributed by atoms with van der Waals surface area (Å²) in [4.78, 5) is 25.3. The number of nitrogens with zero attached hydrogens (tertiary/aromatic N) is 1. The summed E-state index contributed by atoms with van der Waals surface area (Å²) in [6.07, 6.45) is 2.69. The minimum absolute atomic E-state index is 0.00264. The van der Waals surface area contributed by atoms with Crippen LogP contribution in [-0.4, -0.2) is 34.7 Å². The van der Waals surface area contributed by atoms with Gasteiger partial charge < -0.3 is 14.0 Å². The predicted octanol–water partition coefficient (Wildman–Crippen LogP) is 2.54. The standard InChI is InChI=1S/C17H17F2NO5S/c1-4-25-17(22)11-14(21)9-7-10(18)12(19)15(24-2)13(9)20(8-5-6-8)16(11)26(3)23/h7-8H,4-6H2,1-3H3/t26-/m1/s1. The quantitative estimate of drug-likeness (QED) is 0.740. The van der Waals surface area contributed by atoms with E-state index in [9.17, 15) is 22.6 Å². The number of pyridine rings is 1. The van der Waals surface area contributed by atoms with Gasteiger partial charge in [-0.3, -0.25) is 9.00 Å². The summed E-state index contributed by atoms with van der Waals surface area (Å²) in [5.74, 6) is -3.91. The van der Waals surface area contributed by atoms with E-state index >= 15 is 0 Å². The van der Waals surface area contributed by atoms with Crippen molar-refractivity contribution in [1.29, 1.82) is 0 Å². The largest absolute Gasteiger partial charge is 0.491 e. The normalized spacial score (nSPS) is 15.1. The van der Waals surface area contributed by atoms with Crippen LogP contribution in [0.3, 0.4) is 0 Å². The first kappa shape index (κ1) is 18.5. The van der Waals surface area contributed by atoms with Crippen molar-refractivity contribution < 1.29 is 27.3 Å². The van der Waals surface area contributed by atoms with Crippen molar-refractivity contribution in [1.82, 2.24) is 4.57 Å².